The van der Waals surface area contributed by atoms with Crippen molar-refractivity contribution in [2.45, 2.75) is 33.0 Å². The molecule has 0 heterocycles. The van der Waals surface area contributed by atoms with Crippen LogP contribution in [0.3, 0.4) is 0 Å². The zero-order valence-electron chi connectivity index (χ0n) is 9.39. The minimum absolute atomic E-state index is 0.146. The Labute approximate surface area is 87.0 Å². The molecule has 0 aromatic heterocycles. The van der Waals surface area contributed by atoms with Crippen LogP contribution in [-0.2, 0) is 0 Å². The minimum Gasteiger partial charge on any atom is -0.338 e. The van der Waals surface area contributed by atoms with E-state index in [-0.39, 0.29) is 6.03 Å². The van der Waals surface area contributed by atoms with Crippen LogP contribution < -0.4 is 5.32 Å². The summed E-state index contributed by atoms with van der Waals surface area (Å²) in [7, 11) is 2.08. The highest BCUT2D eigenvalue weighted by molar-refractivity contribution is 6.08. The topological polar surface area (TPSA) is 56.2 Å². The average Bonchev–Trinajstić information content (AvgIpc) is 2.13. The van der Waals surface area contributed by atoms with E-state index in [1.807, 2.05) is 6.92 Å². The van der Waals surface area contributed by atoms with E-state index in [2.05, 4.69) is 13.2 Å². The van der Waals surface area contributed by atoms with Crippen molar-refractivity contribution in [2.75, 3.05) is 13.1 Å². The van der Waals surface area contributed by atoms with Crippen LogP contribution >= 0.6 is 0 Å². The molecule has 0 aromatic rings. The Morgan fingerprint density at radius 2 is 2.21 bits per heavy atom. The molecular formula is C9H20BN3O. The first-order valence-electron chi connectivity index (χ1n) is 5.24. The molecule has 0 rings (SSSR count). The Balaban J connectivity index is 3.96. The molecule has 0 bridgehead atoms. The van der Waals surface area contributed by atoms with Crippen LogP contribution in [0.5, 0.6) is 0 Å². The van der Waals surface area contributed by atoms with Crippen molar-refractivity contribution in [3.05, 3.63) is 0 Å². The van der Waals surface area contributed by atoms with E-state index in [1.54, 1.807) is 6.92 Å². The number of amides is 2. The van der Waals surface area contributed by atoms with Crippen LogP contribution in [0.2, 0.25) is 6.32 Å². The van der Waals surface area contributed by atoms with Crippen molar-refractivity contribution in [3.63, 3.8) is 0 Å². The molecule has 0 aromatic carbocycles. The van der Waals surface area contributed by atoms with Crippen LogP contribution in [-0.4, -0.2) is 37.7 Å². The number of nitrogens with one attached hydrogen (secondary N) is 2. The van der Waals surface area contributed by atoms with E-state index in [0.29, 0.717) is 18.9 Å². The average molecular weight is 197 g/mol. The maximum Gasteiger partial charge on any atom is 0.322 e. The standard InChI is InChI=1S/C9H20BN3O/c1-3-7-13(8(2)11)9(14)12-6-4-5-10/h11H,3-7,10H2,1-2H3,(H,12,14). The van der Waals surface area contributed by atoms with Gasteiger partial charge in [-0.2, -0.15) is 0 Å². The van der Waals surface area contributed by atoms with Gasteiger partial charge in [0.05, 0.1) is 0 Å². The Kier molecular flexibility index (Phi) is 6.89. The first kappa shape index (κ1) is 13.0. The summed E-state index contributed by atoms with van der Waals surface area (Å²) in [5, 5.41) is 10.2. The van der Waals surface area contributed by atoms with Crippen molar-refractivity contribution >= 4 is 19.7 Å². The summed E-state index contributed by atoms with van der Waals surface area (Å²) in [6.07, 6.45) is 2.93. The smallest absolute Gasteiger partial charge is 0.322 e. The van der Waals surface area contributed by atoms with Gasteiger partial charge in [0.25, 0.3) is 0 Å². The Morgan fingerprint density at radius 3 is 2.64 bits per heavy atom. The fourth-order valence-corrected chi connectivity index (χ4v) is 1.11. The van der Waals surface area contributed by atoms with Gasteiger partial charge in [0, 0.05) is 13.1 Å². The number of hydrogen-bond donors (Lipinski definition) is 2. The van der Waals surface area contributed by atoms with Crippen molar-refractivity contribution in [2.24, 2.45) is 0 Å². The molecule has 14 heavy (non-hydrogen) atoms. The molecule has 2 N–H and O–H groups in total. The van der Waals surface area contributed by atoms with Crippen LogP contribution in [0.4, 0.5) is 4.79 Å². The number of rotatable bonds is 5. The van der Waals surface area contributed by atoms with E-state index in [0.717, 1.165) is 19.2 Å². The Bertz CT molecular complexity index is 196. The van der Waals surface area contributed by atoms with Gasteiger partial charge in [-0.3, -0.25) is 10.3 Å². The van der Waals surface area contributed by atoms with Crippen LogP contribution in [0.1, 0.15) is 26.7 Å². The predicted octanol–water partition coefficient (Wildman–Crippen LogP) is 0.847. The summed E-state index contributed by atoms with van der Waals surface area (Å²) >= 11 is 0. The normalized spacial score (nSPS) is 9.57. The number of hydrogen-bond acceptors (Lipinski definition) is 2. The second-order valence-corrected chi connectivity index (χ2v) is 3.32. The molecule has 0 atom stereocenters. The molecule has 0 aliphatic carbocycles. The third-order valence-electron chi connectivity index (χ3n) is 1.90. The zero-order valence-corrected chi connectivity index (χ0v) is 9.39. The summed E-state index contributed by atoms with van der Waals surface area (Å²) in [5.41, 5.74) is 0. The second-order valence-electron chi connectivity index (χ2n) is 3.32. The highest BCUT2D eigenvalue weighted by Gasteiger charge is 2.12. The van der Waals surface area contributed by atoms with Gasteiger partial charge in [0.2, 0.25) is 0 Å². The predicted molar refractivity (Wildman–Crippen MR) is 61.8 cm³/mol. The van der Waals surface area contributed by atoms with Crippen LogP contribution in [0, 0.1) is 5.41 Å². The number of carbonyl (C=O) groups is 1. The summed E-state index contributed by atoms with van der Waals surface area (Å²) in [5.74, 6) is 0.306. The van der Waals surface area contributed by atoms with Gasteiger partial charge in [0.1, 0.15) is 13.7 Å². The fraction of sp³-hybridized carbons (Fsp3) is 0.778. The third-order valence-corrected chi connectivity index (χ3v) is 1.90. The zero-order chi connectivity index (χ0) is 11.0. The molecule has 0 saturated carbocycles. The Morgan fingerprint density at radius 1 is 1.57 bits per heavy atom. The van der Waals surface area contributed by atoms with E-state index >= 15 is 0 Å². The fourth-order valence-electron chi connectivity index (χ4n) is 1.11. The number of nitrogens with zero attached hydrogens (tertiary/aromatic N) is 1. The molecule has 4 nitrogen and oxygen atoms in total. The lowest BCUT2D eigenvalue weighted by Gasteiger charge is -2.20. The number of urea groups is 1. The SMILES string of the molecule is BCCCNC(=O)N(CCC)C(C)=N. The summed E-state index contributed by atoms with van der Waals surface area (Å²) < 4.78 is 0. The molecule has 0 fully saturated rings. The molecule has 5 heteroatoms. The van der Waals surface area contributed by atoms with Crippen molar-refractivity contribution < 1.29 is 4.79 Å². The van der Waals surface area contributed by atoms with Crippen molar-refractivity contribution in [1.29, 1.82) is 5.41 Å². The van der Waals surface area contributed by atoms with E-state index in [9.17, 15) is 4.79 Å². The maximum absolute atomic E-state index is 11.5. The number of amidine groups is 1. The molecule has 0 spiro atoms. The molecule has 0 saturated heterocycles. The maximum atomic E-state index is 11.5. The quantitative estimate of drug-likeness (QED) is 0.292. The van der Waals surface area contributed by atoms with E-state index < -0.39 is 0 Å². The molecule has 0 aliphatic rings. The molecule has 0 aliphatic heterocycles. The summed E-state index contributed by atoms with van der Waals surface area (Å²) in [6, 6.07) is -0.146. The van der Waals surface area contributed by atoms with Crippen molar-refractivity contribution in [3.8, 4) is 0 Å². The van der Waals surface area contributed by atoms with Crippen LogP contribution in [0.25, 0.3) is 0 Å². The van der Waals surface area contributed by atoms with Gasteiger partial charge in [0.15, 0.2) is 0 Å². The van der Waals surface area contributed by atoms with Gasteiger partial charge in [-0.1, -0.05) is 13.2 Å². The van der Waals surface area contributed by atoms with Crippen LogP contribution in [0.15, 0.2) is 0 Å². The lowest BCUT2D eigenvalue weighted by molar-refractivity contribution is 0.220. The minimum atomic E-state index is -0.146. The molecule has 0 radical (unpaired) electrons. The summed E-state index contributed by atoms with van der Waals surface area (Å²) in [6.45, 7) is 4.94. The third kappa shape index (κ3) is 4.89. The van der Waals surface area contributed by atoms with Gasteiger partial charge >= 0.3 is 6.03 Å². The Hall–Kier alpha value is -0.995. The highest BCUT2D eigenvalue weighted by Crippen LogP contribution is 1.94. The van der Waals surface area contributed by atoms with Crippen molar-refractivity contribution in [1.82, 2.24) is 10.2 Å². The first-order chi connectivity index (χ1) is 6.63. The van der Waals surface area contributed by atoms with Gasteiger partial charge in [-0.05, 0) is 19.8 Å². The first-order valence-corrected chi connectivity index (χ1v) is 5.24. The second kappa shape index (κ2) is 7.41. The summed E-state index contributed by atoms with van der Waals surface area (Å²) in [4.78, 5) is 13.0. The van der Waals surface area contributed by atoms with Gasteiger partial charge in [-0.25, -0.2) is 4.79 Å². The van der Waals surface area contributed by atoms with E-state index in [1.165, 1.54) is 4.90 Å². The molecule has 0 unspecified atom stereocenters. The van der Waals surface area contributed by atoms with E-state index in [4.69, 9.17) is 5.41 Å². The molecule has 80 valence electrons. The largest absolute Gasteiger partial charge is 0.338 e. The highest BCUT2D eigenvalue weighted by atomic mass is 16.2. The van der Waals surface area contributed by atoms with Gasteiger partial charge in [-0.15, -0.1) is 0 Å². The monoisotopic (exact) mass is 197 g/mol. The lowest BCUT2D eigenvalue weighted by atomic mass is 10.0. The molecular weight excluding hydrogens is 177 g/mol. The number of carbonyl (C=O) groups excluding carboxylic acids is 1. The lowest BCUT2D eigenvalue weighted by Crippen LogP contribution is -2.43. The molecule has 2 amide bonds. The van der Waals surface area contributed by atoms with Gasteiger partial charge < -0.3 is 5.32 Å².